The van der Waals surface area contributed by atoms with Gasteiger partial charge in [-0.05, 0) is 99.7 Å². The Morgan fingerprint density at radius 1 is 0.277 bits per heavy atom. The van der Waals surface area contributed by atoms with Gasteiger partial charge in [-0.1, -0.05) is 180 Å². The Bertz CT molecular complexity index is 2600. The first-order valence-corrected chi connectivity index (χ1v) is 16.8. The van der Waals surface area contributed by atoms with Gasteiger partial charge < -0.3 is 0 Å². The van der Waals surface area contributed by atoms with Gasteiger partial charge in [-0.3, -0.25) is 0 Å². The summed E-state index contributed by atoms with van der Waals surface area (Å²) >= 11 is 3.80. The third-order valence-corrected chi connectivity index (χ3v) is 10.0. The Morgan fingerprint density at radius 3 is 1.17 bits per heavy atom. The molecule has 1 heteroatoms. The van der Waals surface area contributed by atoms with E-state index in [1.165, 1.54) is 87.6 Å². The molecule has 9 rings (SSSR count). The fourth-order valence-electron chi connectivity index (χ4n) is 7.36. The molecule has 0 amide bonds. The predicted molar refractivity (Wildman–Crippen MR) is 206 cm³/mol. The van der Waals surface area contributed by atoms with Crippen molar-refractivity contribution in [3.05, 3.63) is 180 Å². The molecule has 0 fully saturated rings. The van der Waals surface area contributed by atoms with E-state index in [9.17, 15) is 0 Å². The number of hydrogen-bond acceptors (Lipinski definition) is 0. The summed E-state index contributed by atoms with van der Waals surface area (Å²) in [6.45, 7) is 0. The SMILES string of the molecule is Brc1ccc2c(-c3ccc(-c4cccc5ccccc45)cc3)c3ccccc3c(-c3ccc(-c4cccc5ccccc45)cc3)c2c1. The van der Waals surface area contributed by atoms with Gasteiger partial charge in [-0.25, -0.2) is 0 Å². The summed E-state index contributed by atoms with van der Waals surface area (Å²) in [5.41, 5.74) is 9.93. The second kappa shape index (κ2) is 11.4. The molecule has 0 unspecified atom stereocenters. The van der Waals surface area contributed by atoms with E-state index in [1.807, 2.05) is 0 Å². The van der Waals surface area contributed by atoms with Crippen LogP contribution in [0.15, 0.2) is 180 Å². The van der Waals surface area contributed by atoms with Crippen LogP contribution in [-0.4, -0.2) is 0 Å². The summed E-state index contributed by atoms with van der Waals surface area (Å²) in [5.74, 6) is 0. The molecule has 0 N–H and O–H groups in total. The Balaban J connectivity index is 1.21. The first kappa shape index (κ1) is 27.8. The average Bonchev–Trinajstić information content (AvgIpc) is 3.13. The smallest absolute Gasteiger partial charge is 0.0181 e. The van der Waals surface area contributed by atoms with E-state index in [0.717, 1.165) is 4.47 Å². The molecular formula is C46H29Br. The molecule has 0 spiro atoms. The second-order valence-corrected chi connectivity index (χ2v) is 13.1. The summed E-state index contributed by atoms with van der Waals surface area (Å²) in [5, 5.41) is 10.1. The zero-order valence-electron chi connectivity index (χ0n) is 25.6. The maximum absolute atomic E-state index is 3.80. The third kappa shape index (κ3) is 4.74. The van der Waals surface area contributed by atoms with E-state index in [-0.39, 0.29) is 0 Å². The normalized spacial score (nSPS) is 11.5. The average molecular weight is 662 g/mol. The fourth-order valence-corrected chi connectivity index (χ4v) is 7.72. The second-order valence-electron chi connectivity index (χ2n) is 12.2. The molecule has 0 radical (unpaired) electrons. The minimum atomic E-state index is 1.08. The van der Waals surface area contributed by atoms with Gasteiger partial charge in [-0.15, -0.1) is 0 Å². The van der Waals surface area contributed by atoms with Crippen LogP contribution in [0.4, 0.5) is 0 Å². The molecule has 0 nitrogen and oxygen atoms in total. The van der Waals surface area contributed by atoms with Gasteiger partial charge in [0, 0.05) is 4.47 Å². The number of benzene rings is 9. The molecule has 9 aromatic rings. The van der Waals surface area contributed by atoms with Crippen molar-refractivity contribution in [2.75, 3.05) is 0 Å². The maximum atomic E-state index is 3.80. The molecule has 0 saturated heterocycles. The minimum absolute atomic E-state index is 1.08. The standard InChI is InChI=1S/C46H29Br/c47-36-27-28-43-44(29-36)46(35-25-21-33(22-26-35)40-18-8-12-31-10-2-4-14-38(31)40)42-16-6-5-15-41(42)45(43)34-23-19-32(20-24-34)39-17-7-11-30-9-1-3-13-37(30)39/h1-29H. The largest absolute Gasteiger partial charge is 0.0616 e. The van der Waals surface area contributed by atoms with Gasteiger partial charge in [0.15, 0.2) is 0 Å². The van der Waals surface area contributed by atoms with E-state index in [2.05, 4.69) is 192 Å². The number of halogens is 1. The Morgan fingerprint density at radius 2 is 0.660 bits per heavy atom. The predicted octanol–water partition coefficient (Wildman–Crippen LogP) is 13.7. The highest BCUT2D eigenvalue weighted by atomic mass is 79.9. The van der Waals surface area contributed by atoms with E-state index in [1.54, 1.807) is 0 Å². The van der Waals surface area contributed by atoms with Crippen LogP contribution >= 0.6 is 15.9 Å². The van der Waals surface area contributed by atoms with Crippen LogP contribution in [0, 0.1) is 0 Å². The van der Waals surface area contributed by atoms with Crippen molar-refractivity contribution >= 4 is 59.0 Å². The highest BCUT2D eigenvalue weighted by Gasteiger charge is 2.17. The molecule has 0 bridgehead atoms. The van der Waals surface area contributed by atoms with Crippen molar-refractivity contribution in [2.45, 2.75) is 0 Å². The van der Waals surface area contributed by atoms with Gasteiger partial charge in [0.25, 0.3) is 0 Å². The van der Waals surface area contributed by atoms with Crippen LogP contribution in [0.5, 0.6) is 0 Å². The van der Waals surface area contributed by atoms with Crippen LogP contribution in [0.2, 0.25) is 0 Å². The lowest BCUT2D eigenvalue weighted by Gasteiger charge is -2.18. The van der Waals surface area contributed by atoms with Gasteiger partial charge in [0.1, 0.15) is 0 Å². The number of hydrogen-bond donors (Lipinski definition) is 0. The summed E-state index contributed by atoms with van der Waals surface area (Å²) in [7, 11) is 0. The summed E-state index contributed by atoms with van der Waals surface area (Å²) in [6, 6.07) is 64.2. The monoisotopic (exact) mass is 660 g/mol. The van der Waals surface area contributed by atoms with Crippen LogP contribution in [0.25, 0.3) is 87.6 Å². The lowest BCUT2D eigenvalue weighted by atomic mass is 9.85. The van der Waals surface area contributed by atoms with Gasteiger partial charge in [0.2, 0.25) is 0 Å². The first-order chi connectivity index (χ1) is 23.2. The zero-order valence-corrected chi connectivity index (χ0v) is 27.2. The molecule has 0 aliphatic carbocycles. The van der Waals surface area contributed by atoms with Crippen LogP contribution in [-0.2, 0) is 0 Å². The van der Waals surface area contributed by atoms with E-state index < -0.39 is 0 Å². The van der Waals surface area contributed by atoms with Crippen molar-refractivity contribution in [1.29, 1.82) is 0 Å². The lowest BCUT2D eigenvalue weighted by molar-refractivity contribution is 1.62. The van der Waals surface area contributed by atoms with Crippen LogP contribution < -0.4 is 0 Å². The van der Waals surface area contributed by atoms with Crippen molar-refractivity contribution in [3.63, 3.8) is 0 Å². The lowest BCUT2D eigenvalue weighted by Crippen LogP contribution is -1.91. The molecule has 0 aromatic heterocycles. The first-order valence-electron chi connectivity index (χ1n) is 16.0. The van der Waals surface area contributed by atoms with E-state index in [0.29, 0.717) is 0 Å². The molecule has 9 aromatic carbocycles. The molecular weight excluding hydrogens is 632 g/mol. The van der Waals surface area contributed by atoms with Gasteiger partial charge in [0.05, 0.1) is 0 Å². The zero-order chi connectivity index (χ0) is 31.3. The third-order valence-electron chi connectivity index (χ3n) is 9.53. The number of fused-ring (bicyclic) bond motifs is 4. The Labute approximate surface area is 282 Å². The highest BCUT2D eigenvalue weighted by Crippen LogP contribution is 2.45. The Hall–Kier alpha value is -5.50. The van der Waals surface area contributed by atoms with Crippen LogP contribution in [0.3, 0.4) is 0 Å². The maximum Gasteiger partial charge on any atom is 0.0181 e. The molecule has 47 heavy (non-hydrogen) atoms. The molecule has 0 atom stereocenters. The van der Waals surface area contributed by atoms with E-state index in [4.69, 9.17) is 0 Å². The molecule has 0 saturated carbocycles. The van der Waals surface area contributed by atoms with Crippen molar-refractivity contribution in [1.82, 2.24) is 0 Å². The highest BCUT2D eigenvalue weighted by molar-refractivity contribution is 9.10. The fraction of sp³-hybridized carbons (Fsp3) is 0. The molecule has 0 aliphatic heterocycles. The van der Waals surface area contributed by atoms with Gasteiger partial charge in [-0.2, -0.15) is 0 Å². The molecule has 220 valence electrons. The van der Waals surface area contributed by atoms with E-state index >= 15 is 0 Å². The quantitative estimate of drug-likeness (QED) is 0.165. The summed E-state index contributed by atoms with van der Waals surface area (Å²) in [4.78, 5) is 0. The topological polar surface area (TPSA) is 0 Å². The Kier molecular flexibility index (Phi) is 6.73. The molecule has 0 aliphatic rings. The van der Waals surface area contributed by atoms with Crippen molar-refractivity contribution in [3.8, 4) is 44.5 Å². The minimum Gasteiger partial charge on any atom is -0.0616 e. The van der Waals surface area contributed by atoms with Crippen molar-refractivity contribution < 1.29 is 0 Å². The van der Waals surface area contributed by atoms with Crippen molar-refractivity contribution in [2.24, 2.45) is 0 Å². The summed E-state index contributed by atoms with van der Waals surface area (Å²) < 4.78 is 1.08. The van der Waals surface area contributed by atoms with Crippen LogP contribution in [0.1, 0.15) is 0 Å². The summed E-state index contributed by atoms with van der Waals surface area (Å²) in [6.07, 6.45) is 0. The van der Waals surface area contributed by atoms with Gasteiger partial charge >= 0.3 is 0 Å². The number of rotatable bonds is 4. The molecule has 0 heterocycles.